The number of hydrogen-bond acceptors (Lipinski definition) is 14. The van der Waals surface area contributed by atoms with Gasteiger partial charge in [-0.15, -0.1) is 0 Å². The molecule has 16 atom stereocenters. The average molecular weight is 914 g/mol. The highest BCUT2D eigenvalue weighted by atomic mass is 16.6. The first-order valence-electron chi connectivity index (χ1n) is 23.9. The first kappa shape index (κ1) is 54.4. The number of fused-ring (bicyclic) bond motifs is 4. The molecule has 3 heterocycles. The Kier molecular flexibility index (Phi) is 21.1. The second kappa shape index (κ2) is 25.2. The minimum Gasteiger partial charge on any atom is -0.460 e. The molecule has 0 aromatic heterocycles. The van der Waals surface area contributed by atoms with Crippen molar-refractivity contribution in [3.63, 3.8) is 0 Å². The molecule has 0 amide bonds. The first-order chi connectivity index (χ1) is 30.7. The highest BCUT2D eigenvalue weighted by Crippen LogP contribution is 2.37. The van der Waals surface area contributed by atoms with Crippen LogP contribution in [0.2, 0.25) is 0 Å². The maximum atomic E-state index is 14.1. The number of nitrogens with one attached hydrogen (secondary N) is 1. The summed E-state index contributed by atoms with van der Waals surface area (Å²) >= 11 is 0. The Morgan fingerprint density at radius 1 is 0.831 bits per heavy atom. The molecule has 4 aliphatic rings. The van der Waals surface area contributed by atoms with Crippen LogP contribution in [0, 0.1) is 35.5 Å². The minimum atomic E-state index is -2.36. The van der Waals surface area contributed by atoms with Gasteiger partial charge >= 0.3 is 5.97 Å². The van der Waals surface area contributed by atoms with Crippen molar-refractivity contribution in [1.29, 1.82) is 0 Å². The summed E-state index contributed by atoms with van der Waals surface area (Å²) in [6.07, 6.45) is 11.2. The van der Waals surface area contributed by atoms with Crippen LogP contribution in [0.1, 0.15) is 126 Å². The SMILES string of the molecule is CO[C@H]1C[C@@H]2CC[C@@H](C)[C@@](O)(O2)C(=O)C(=O)C2CCC[C@H](N2)C(=O)O[C@H]([C@H](C)CC2CC[C@@H](O)[C@H](OC)C2)CC(=O)[C@H](C)/C=C(\C)[C@@H](O)[C@@H](OC)C(=O)[C@H](C)C[C@H](C)/C=C/C=C/C=C1C. The van der Waals surface area contributed by atoms with Crippen LogP contribution in [-0.4, -0.2) is 126 Å². The third-order valence-corrected chi connectivity index (χ3v) is 14.5. The zero-order chi connectivity index (χ0) is 48.2. The van der Waals surface area contributed by atoms with E-state index in [1.165, 1.54) is 7.11 Å². The predicted molar refractivity (Wildman–Crippen MR) is 245 cm³/mol. The van der Waals surface area contributed by atoms with Crippen molar-refractivity contribution in [3.8, 4) is 0 Å². The van der Waals surface area contributed by atoms with Gasteiger partial charge in [0.1, 0.15) is 30.1 Å². The number of allylic oxidation sites excluding steroid dienone is 6. The summed E-state index contributed by atoms with van der Waals surface area (Å²) in [7, 11) is 4.53. The number of aliphatic hydroxyl groups is 3. The number of methoxy groups -OCH3 is 3. The number of Topliss-reactive ketones (excluding diaryl/α,β-unsaturated/α-hetero) is 4. The third-order valence-electron chi connectivity index (χ3n) is 14.5. The summed E-state index contributed by atoms with van der Waals surface area (Å²) in [5.41, 5.74) is 1.28. The lowest BCUT2D eigenvalue weighted by Gasteiger charge is -2.42. The first-order valence-corrected chi connectivity index (χ1v) is 23.9. The predicted octanol–water partition coefficient (Wildman–Crippen LogP) is 5.88. The van der Waals surface area contributed by atoms with Gasteiger partial charge in [-0.05, 0) is 107 Å². The van der Waals surface area contributed by atoms with Crippen molar-refractivity contribution in [2.24, 2.45) is 35.5 Å². The number of aliphatic hydroxyl groups excluding tert-OH is 2. The highest BCUT2D eigenvalue weighted by molar-refractivity contribution is 6.41. The number of rotatable bonds is 6. The van der Waals surface area contributed by atoms with Gasteiger partial charge in [0.2, 0.25) is 11.6 Å². The number of hydrogen-bond donors (Lipinski definition) is 4. The summed E-state index contributed by atoms with van der Waals surface area (Å²) in [6, 6.07) is -2.03. The molecule has 3 aliphatic heterocycles. The van der Waals surface area contributed by atoms with Gasteiger partial charge in [0.15, 0.2) is 5.78 Å². The molecule has 4 N–H and O–H groups in total. The van der Waals surface area contributed by atoms with Crippen LogP contribution in [0.4, 0.5) is 0 Å². The zero-order valence-electron chi connectivity index (χ0n) is 40.5. The van der Waals surface area contributed by atoms with Crippen LogP contribution < -0.4 is 5.32 Å². The fraction of sp³-hybridized carbons (Fsp3) is 0.745. The Morgan fingerprint density at radius 3 is 2.22 bits per heavy atom. The largest absolute Gasteiger partial charge is 0.460 e. The number of ketones is 4. The molecule has 0 radical (unpaired) electrons. The second-order valence-electron chi connectivity index (χ2n) is 19.6. The van der Waals surface area contributed by atoms with E-state index >= 15 is 0 Å². The van der Waals surface area contributed by atoms with Gasteiger partial charge in [-0.25, -0.2) is 0 Å². The molecule has 0 spiro atoms. The molecule has 65 heavy (non-hydrogen) atoms. The van der Waals surface area contributed by atoms with Crippen molar-refractivity contribution in [3.05, 3.63) is 47.6 Å². The van der Waals surface area contributed by atoms with E-state index in [4.69, 9.17) is 23.7 Å². The van der Waals surface area contributed by atoms with Gasteiger partial charge in [0.05, 0.1) is 30.5 Å². The topological polar surface area (TPSA) is 204 Å². The van der Waals surface area contributed by atoms with Gasteiger partial charge in [-0.1, -0.05) is 71.1 Å². The van der Waals surface area contributed by atoms with Crippen molar-refractivity contribution < 1.29 is 63.0 Å². The molecule has 14 nitrogen and oxygen atoms in total. The van der Waals surface area contributed by atoms with Gasteiger partial charge < -0.3 is 39.0 Å². The fourth-order valence-corrected chi connectivity index (χ4v) is 10.1. The summed E-state index contributed by atoms with van der Waals surface area (Å²) in [6.45, 7) is 12.7. The van der Waals surface area contributed by atoms with E-state index in [1.807, 2.05) is 58.1 Å². The van der Waals surface area contributed by atoms with E-state index < -0.39 is 89.8 Å². The Bertz CT molecular complexity index is 1760. The number of esters is 1. The number of piperidine rings is 1. The standard InChI is InChI=1S/C51H79NO13/c1-29-15-12-11-13-16-30(2)42(61-8)27-37-21-19-35(7)51(60,65-37)49(58)47(57)38-17-14-18-39(52-38)50(59)64-43(32(4)25-36-20-22-40(53)44(26-36)62-9)28-41(54)31(3)24-34(6)46(56)48(63-10)45(55)33(5)23-29/h11-13,15-16,24,29,31-33,35-40,42-44,46,48,52-53,56,60H,14,17-23,25-28H2,1-10H3/b13-11+,15-12+,30-16?,34-24+/t29-,31-,32-,33-,35-,36?,37+,38?,39+,40-,42+,43+,44-,46-,48+,51-/m1/s1. The lowest BCUT2D eigenvalue weighted by molar-refractivity contribution is -0.264. The van der Waals surface area contributed by atoms with E-state index in [0.717, 1.165) is 12.0 Å². The Hall–Kier alpha value is -3.21. The van der Waals surface area contributed by atoms with Crippen LogP contribution in [0.3, 0.4) is 0 Å². The van der Waals surface area contributed by atoms with Crippen molar-refractivity contribution in [2.45, 2.75) is 186 Å². The van der Waals surface area contributed by atoms with Crippen LogP contribution in [0.25, 0.3) is 0 Å². The van der Waals surface area contributed by atoms with Crippen LogP contribution >= 0.6 is 0 Å². The summed E-state index contributed by atoms with van der Waals surface area (Å²) in [5, 5.41) is 36.7. The smallest absolute Gasteiger partial charge is 0.323 e. The molecular weight excluding hydrogens is 835 g/mol. The molecule has 4 bridgehead atoms. The van der Waals surface area contributed by atoms with E-state index in [-0.39, 0.29) is 48.3 Å². The fourth-order valence-electron chi connectivity index (χ4n) is 10.1. The van der Waals surface area contributed by atoms with Crippen molar-refractivity contribution in [1.82, 2.24) is 5.32 Å². The molecule has 0 aromatic rings. The maximum Gasteiger partial charge on any atom is 0.323 e. The molecule has 366 valence electrons. The summed E-state index contributed by atoms with van der Waals surface area (Å²) < 4.78 is 29.2. The lowest BCUT2D eigenvalue weighted by atomic mass is 9.78. The Labute approximate surface area is 387 Å². The molecule has 14 heteroatoms. The van der Waals surface area contributed by atoms with E-state index in [9.17, 15) is 39.3 Å². The van der Waals surface area contributed by atoms with Crippen LogP contribution in [-0.2, 0) is 47.7 Å². The Balaban J connectivity index is 1.66. The lowest BCUT2D eigenvalue weighted by Crippen LogP contribution is -2.60. The molecule has 3 fully saturated rings. The third kappa shape index (κ3) is 14.6. The summed E-state index contributed by atoms with van der Waals surface area (Å²) in [4.78, 5) is 69.7. The van der Waals surface area contributed by atoms with Crippen LogP contribution in [0.15, 0.2) is 47.6 Å². The zero-order valence-corrected chi connectivity index (χ0v) is 40.5. The number of cyclic esters (lactones) is 1. The van der Waals surface area contributed by atoms with Gasteiger partial charge in [-0.2, -0.15) is 0 Å². The van der Waals surface area contributed by atoms with Gasteiger partial charge in [0.25, 0.3) is 5.78 Å². The molecule has 2 saturated heterocycles. The maximum absolute atomic E-state index is 14.1. The van der Waals surface area contributed by atoms with E-state index in [0.29, 0.717) is 63.4 Å². The monoisotopic (exact) mass is 914 g/mol. The van der Waals surface area contributed by atoms with Crippen LogP contribution in [0.5, 0.6) is 0 Å². The second-order valence-corrected chi connectivity index (χ2v) is 19.6. The Morgan fingerprint density at radius 2 is 1.54 bits per heavy atom. The molecule has 2 unspecified atom stereocenters. The molecule has 4 rings (SSSR count). The molecule has 1 saturated carbocycles. The highest BCUT2D eigenvalue weighted by Gasteiger charge is 2.52. The normalized spacial score (nSPS) is 40.7. The number of carbonyl (C=O) groups is 5. The van der Waals surface area contributed by atoms with E-state index in [1.54, 1.807) is 41.1 Å². The van der Waals surface area contributed by atoms with Crippen molar-refractivity contribution in [2.75, 3.05) is 21.3 Å². The molecule has 0 aromatic carbocycles. The number of ether oxygens (including phenoxy) is 5. The quantitative estimate of drug-likeness (QED) is 0.140. The molecule has 1 aliphatic carbocycles. The van der Waals surface area contributed by atoms with Gasteiger partial charge in [0, 0.05) is 51.9 Å². The van der Waals surface area contributed by atoms with Crippen molar-refractivity contribution >= 4 is 29.1 Å². The minimum absolute atomic E-state index is 0.0183. The molecular formula is C51H79NO13. The summed E-state index contributed by atoms with van der Waals surface area (Å²) in [5.74, 6) is -7.43. The number of carbonyl (C=O) groups excluding carboxylic acids is 5. The van der Waals surface area contributed by atoms with E-state index in [2.05, 4.69) is 5.32 Å². The van der Waals surface area contributed by atoms with Gasteiger partial charge in [-0.3, -0.25) is 29.3 Å². The average Bonchev–Trinajstić information content (AvgIpc) is 3.28.